The lowest BCUT2D eigenvalue weighted by Crippen LogP contribution is -2.31. The van der Waals surface area contributed by atoms with Gasteiger partial charge in [-0.3, -0.25) is 4.79 Å². The molecule has 0 N–H and O–H groups in total. The highest BCUT2D eigenvalue weighted by molar-refractivity contribution is 5.77. The molecule has 0 aromatic heterocycles. The molecule has 25 heavy (non-hydrogen) atoms. The predicted molar refractivity (Wildman–Crippen MR) is 103 cm³/mol. The fraction of sp³-hybridized carbons (Fsp3) is 0.381. The van der Waals surface area contributed by atoms with Crippen molar-refractivity contribution < 1.29 is 9.53 Å². The van der Waals surface area contributed by atoms with E-state index in [0.717, 1.165) is 28.1 Å². The second-order valence-electron chi connectivity index (χ2n) is 6.83. The van der Waals surface area contributed by atoms with E-state index in [1.54, 1.807) is 11.9 Å². The Morgan fingerprint density at radius 1 is 0.960 bits per heavy atom. The highest BCUT2D eigenvalue weighted by atomic mass is 16.5. The Morgan fingerprint density at radius 2 is 1.52 bits per heavy atom. The van der Waals surface area contributed by atoms with Crippen LogP contribution in [0.25, 0.3) is 0 Å². The Morgan fingerprint density at radius 3 is 2.04 bits per heavy atom. The molecule has 0 radical (unpaired) electrons. The highest BCUT2D eigenvalue weighted by Crippen LogP contribution is 2.24. The van der Waals surface area contributed by atoms with E-state index < -0.39 is 0 Å². The number of nitrogens with zero attached hydrogens (tertiary/aromatic N) is 2. The summed E-state index contributed by atoms with van der Waals surface area (Å²) < 4.78 is 5.80. The Hall–Kier alpha value is -2.49. The monoisotopic (exact) mass is 340 g/mol. The van der Waals surface area contributed by atoms with Crippen molar-refractivity contribution in [3.05, 3.63) is 58.7 Å². The van der Waals surface area contributed by atoms with Gasteiger partial charge in [-0.2, -0.15) is 0 Å². The Balaban J connectivity index is 1.94. The molecule has 0 heterocycles. The number of ether oxygens (including phenoxy) is 1. The number of rotatable bonds is 6. The van der Waals surface area contributed by atoms with Gasteiger partial charge in [0.05, 0.1) is 0 Å². The van der Waals surface area contributed by atoms with Gasteiger partial charge in [0.2, 0.25) is 0 Å². The smallest absolute Gasteiger partial charge is 0.260 e. The number of carbonyl (C=O) groups is 1. The molecule has 4 heteroatoms. The molecule has 0 spiro atoms. The summed E-state index contributed by atoms with van der Waals surface area (Å²) in [6, 6.07) is 12.4. The first kappa shape index (κ1) is 18.8. The fourth-order valence-electron chi connectivity index (χ4n) is 2.90. The predicted octanol–water partition coefficient (Wildman–Crippen LogP) is 3.72. The van der Waals surface area contributed by atoms with E-state index >= 15 is 0 Å². The normalized spacial score (nSPS) is 10.5. The Labute approximate surface area is 151 Å². The van der Waals surface area contributed by atoms with Crippen molar-refractivity contribution in [3.63, 3.8) is 0 Å². The molecule has 2 aromatic carbocycles. The number of anilines is 1. The summed E-state index contributed by atoms with van der Waals surface area (Å²) in [5.74, 6) is 0.777. The van der Waals surface area contributed by atoms with E-state index in [2.05, 4.69) is 36.1 Å². The molecule has 1 amide bonds. The van der Waals surface area contributed by atoms with Crippen molar-refractivity contribution in [2.24, 2.45) is 0 Å². The van der Waals surface area contributed by atoms with E-state index in [9.17, 15) is 4.79 Å². The summed E-state index contributed by atoms with van der Waals surface area (Å²) in [5.41, 5.74) is 5.57. The zero-order valence-electron chi connectivity index (χ0n) is 16.1. The molecule has 2 rings (SSSR count). The number of benzene rings is 2. The number of amides is 1. The van der Waals surface area contributed by atoms with Gasteiger partial charge in [-0.1, -0.05) is 29.8 Å². The molecule has 0 aliphatic rings. The Bertz CT molecular complexity index is 713. The van der Waals surface area contributed by atoms with Crippen LogP contribution in [0.2, 0.25) is 0 Å². The second kappa shape index (κ2) is 8.06. The third-order valence-corrected chi connectivity index (χ3v) is 4.24. The maximum atomic E-state index is 12.4. The summed E-state index contributed by atoms with van der Waals surface area (Å²) in [6.45, 7) is 6.70. The molecule has 0 fully saturated rings. The molecule has 0 saturated carbocycles. The second-order valence-corrected chi connectivity index (χ2v) is 6.83. The van der Waals surface area contributed by atoms with Gasteiger partial charge in [0, 0.05) is 33.4 Å². The molecule has 0 bridgehead atoms. The number of likely N-dealkylation sites (N-methyl/N-ethyl adjacent to an activating group) is 1. The van der Waals surface area contributed by atoms with E-state index in [1.165, 1.54) is 5.56 Å². The van der Waals surface area contributed by atoms with Gasteiger partial charge in [-0.15, -0.1) is 0 Å². The van der Waals surface area contributed by atoms with Crippen LogP contribution in [0.4, 0.5) is 5.69 Å². The Kier molecular flexibility index (Phi) is 6.07. The SMILES string of the molecule is Cc1cc(C)c(OCC(=O)N(C)Cc2ccc(N(C)C)cc2)c(C)c1. The average Bonchev–Trinajstić information content (AvgIpc) is 2.54. The molecule has 0 aliphatic carbocycles. The maximum Gasteiger partial charge on any atom is 0.260 e. The quantitative estimate of drug-likeness (QED) is 0.803. The van der Waals surface area contributed by atoms with E-state index in [-0.39, 0.29) is 12.5 Å². The molecule has 134 valence electrons. The first-order valence-electron chi connectivity index (χ1n) is 8.49. The van der Waals surface area contributed by atoms with Gasteiger partial charge >= 0.3 is 0 Å². The maximum absolute atomic E-state index is 12.4. The van der Waals surface area contributed by atoms with Crippen LogP contribution in [0.5, 0.6) is 5.75 Å². The van der Waals surface area contributed by atoms with Crippen LogP contribution in [-0.4, -0.2) is 38.6 Å². The van der Waals surface area contributed by atoms with Crippen molar-refractivity contribution in [1.82, 2.24) is 4.90 Å². The van der Waals surface area contributed by atoms with Crippen molar-refractivity contribution in [3.8, 4) is 5.75 Å². The first-order valence-corrected chi connectivity index (χ1v) is 8.49. The summed E-state index contributed by atoms with van der Waals surface area (Å²) >= 11 is 0. The molecule has 0 atom stereocenters. The lowest BCUT2D eigenvalue weighted by atomic mass is 10.1. The molecule has 4 nitrogen and oxygen atoms in total. The lowest BCUT2D eigenvalue weighted by molar-refractivity contribution is -0.132. The summed E-state index contributed by atoms with van der Waals surface area (Å²) in [5, 5.41) is 0. The highest BCUT2D eigenvalue weighted by Gasteiger charge is 2.12. The number of carbonyl (C=O) groups excluding carboxylic acids is 1. The largest absolute Gasteiger partial charge is 0.483 e. The third kappa shape index (κ3) is 4.99. The van der Waals surface area contributed by atoms with Crippen LogP contribution in [0.15, 0.2) is 36.4 Å². The van der Waals surface area contributed by atoms with E-state index in [4.69, 9.17) is 4.74 Å². The van der Waals surface area contributed by atoms with Gasteiger partial charge in [0.1, 0.15) is 5.75 Å². The van der Waals surface area contributed by atoms with E-state index in [1.807, 2.05) is 40.1 Å². The van der Waals surface area contributed by atoms with Gasteiger partial charge < -0.3 is 14.5 Å². The van der Waals surface area contributed by atoms with Crippen LogP contribution >= 0.6 is 0 Å². The first-order chi connectivity index (χ1) is 11.8. The average molecular weight is 340 g/mol. The zero-order chi connectivity index (χ0) is 18.6. The van der Waals surface area contributed by atoms with Gasteiger partial charge in [0.25, 0.3) is 5.91 Å². The topological polar surface area (TPSA) is 32.8 Å². The van der Waals surface area contributed by atoms with Crippen LogP contribution in [0.3, 0.4) is 0 Å². The minimum atomic E-state index is -0.0314. The fourth-order valence-corrected chi connectivity index (χ4v) is 2.90. The van der Waals surface area contributed by atoms with Crippen LogP contribution in [0.1, 0.15) is 22.3 Å². The van der Waals surface area contributed by atoms with Crippen LogP contribution in [0, 0.1) is 20.8 Å². The van der Waals surface area contributed by atoms with Crippen molar-refractivity contribution in [2.45, 2.75) is 27.3 Å². The van der Waals surface area contributed by atoms with Crippen LogP contribution in [-0.2, 0) is 11.3 Å². The number of hydrogen-bond acceptors (Lipinski definition) is 3. The summed E-state index contributed by atoms with van der Waals surface area (Å²) in [6.07, 6.45) is 0. The molecule has 0 aliphatic heterocycles. The van der Waals surface area contributed by atoms with Gasteiger partial charge in [-0.25, -0.2) is 0 Å². The minimum absolute atomic E-state index is 0.0314. The lowest BCUT2D eigenvalue weighted by Gasteiger charge is -2.20. The van der Waals surface area contributed by atoms with Crippen molar-refractivity contribution in [2.75, 3.05) is 32.6 Å². The molecule has 2 aromatic rings. The van der Waals surface area contributed by atoms with Crippen molar-refractivity contribution >= 4 is 11.6 Å². The summed E-state index contributed by atoms with van der Waals surface area (Å²) in [7, 11) is 5.83. The summed E-state index contributed by atoms with van der Waals surface area (Å²) in [4.78, 5) is 16.1. The standard InChI is InChI=1S/C21H28N2O2/c1-15-11-16(2)21(17(3)12-15)25-14-20(24)23(6)13-18-7-9-19(10-8-18)22(4)5/h7-12H,13-14H2,1-6H3. The van der Waals surface area contributed by atoms with Gasteiger partial charge in [0.15, 0.2) is 6.61 Å². The minimum Gasteiger partial charge on any atom is -0.483 e. The van der Waals surface area contributed by atoms with E-state index in [0.29, 0.717) is 6.54 Å². The zero-order valence-corrected chi connectivity index (χ0v) is 16.1. The molecule has 0 saturated heterocycles. The van der Waals surface area contributed by atoms with Gasteiger partial charge in [-0.05, 0) is 49.6 Å². The van der Waals surface area contributed by atoms with Crippen molar-refractivity contribution in [1.29, 1.82) is 0 Å². The number of hydrogen-bond donors (Lipinski definition) is 0. The number of aryl methyl sites for hydroxylation is 3. The van der Waals surface area contributed by atoms with Crippen LogP contribution < -0.4 is 9.64 Å². The molecular formula is C21H28N2O2. The third-order valence-electron chi connectivity index (χ3n) is 4.24. The molecular weight excluding hydrogens is 312 g/mol. The molecule has 0 unspecified atom stereocenters.